The molecule has 0 aromatic rings. The largest absolute Gasteiger partial charge is 0.383 e. The van der Waals surface area contributed by atoms with Crippen LogP contribution in [0.5, 0.6) is 0 Å². The molecule has 0 saturated heterocycles. The molecule has 0 radical (unpaired) electrons. The molecule has 0 bridgehead atoms. The van der Waals surface area contributed by atoms with E-state index in [4.69, 9.17) is 4.74 Å². The van der Waals surface area contributed by atoms with E-state index < -0.39 is 9.84 Å². The lowest BCUT2D eigenvalue weighted by Gasteiger charge is -2.16. The zero-order valence-electron chi connectivity index (χ0n) is 10.8. The molecule has 0 aromatic heterocycles. The minimum absolute atomic E-state index is 0.242. The third-order valence-corrected chi connectivity index (χ3v) is 5.17. The zero-order valence-corrected chi connectivity index (χ0v) is 11.6. The van der Waals surface area contributed by atoms with Crippen LogP contribution in [0.3, 0.4) is 0 Å². The fraction of sp³-hybridized carbons (Fsp3) is 1.00. The first kappa shape index (κ1) is 15.9. The van der Waals surface area contributed by atoms with E-state index >= 15 is 0 Å². The van der Waals surface area contributed by atoms with E-state index in [1.54, 1.807) is 14.0 Å². The molecule has 1 N–H and O–H groups in total. The van der Waals surface area contributed by atoms with Crippen molar-refractivity contribution in [2.45, 2.75) is 32.4 Å². The van der Waals surface area contributed by atoms with Gasteiger partial charge in [-0.3, -0.25) is 0 Å². The number of rotatable bonds is 9. The van der Waals surface area contributed by atoms with Gasteiger partial charge in [0.05, 0.1) is 17.6 Å². The van der Waals surface area contributed by atoms with Gasteiger partial charge in [-0.05, 0) is 12.8 Å². The van der Waals surface area contributed by atoms with Crippen molar-refractivity contribution in [3.63, 3.8) is 0 Å². The Morgan fingerprint density at radius 3 is 2.44 bits per heavy atom. The molecular formula is C11H25NO3S. The average Bonchev–Trinajstić information content (AvgIpc) is 2.23. The summed E-state index contributed by atoms with van der Waals surface area (Å²) in [5.74, 6) is 0.530. The SMILES string of the molecule is CCC(C)CS(=O)(=O)C(C)CNCCOC. The Hall–Kier alpha value is -0.130. The van der Waals surface area contributed by atoms with E-state index in [1.807, 2.05) is 13.8 Å². The highest BCUT2D eigenvalue weighted by Crippen LogP contribution is 2.10. The lowest BCUT2D eigenvalue weighted by molar-refractivity contribution is 0.199. The van der Waals surface area contributed by atoms with Gasteiger partial charge in [0.2, 0.25) is 0 Å². The smallest absolute Gasteiger partial charge is 0.154 e. The predicted octanol–water partition coefficient (Wildman–Crippen LogP) is 1.07. The molecule has 4 nitrogen and oxygen atoms in total. The summed E-state index contributed by atoms with van der Waals surface area (Å²) in [6.07, 6.45) is 0.906. The third kappa shape index (κ3) is 6.45. The number of nitrogens with one attached hydrogen (secondary N) is 1. The molecule has 2 atom stereocenters. The molecule has 0 aliphatic carbocycles. The first-order chi connectivity index (χ1) is 7.44. The maximum Gasteiger partial charge on any atom is 0.154 e. The van der Waals surface area contributed by atoms with E-state index in [0.717, 1.165) is 6.42 Å². The van der Waals surface area contributed by atoms with Crippen molar-refractivity contribution in [1.82, 2.24) is 5.32 Å². The molecule has 16 heavy (non-hydrogen) atoms. The highest BCUT2D eigenvalue weighted by Gasteiger charge is 2.22. The number of methoxy groups -OCH3 is 1. The summed E-state index contributed by atoms with van der Waals surface area (Å²) in [5, 5.41) is 2.76. The van der Waals surface area contributed by atoms with Gasteiger partial charge in [-0.25, -0.2) is 8.42 Å². The average molecular weight is 251 g/mol. The van der Waals surface area contributed by atoms with Crippen molar-refractivity contribution in [2.24, 2.45) is 5.92 Å². The van der Waals surface area contributed by atoms with Crippen LogP contribution in [0.2, 0.25) is 0 Å². The topological polar surface area (TPSA) is 55.4 Å². The first-order valence-corrected chi connectivity index (χ1v) is 7.56. The minimum atomic E-state index is -2.96. The molecule has 5 heteroatoms. The van der Waals surface area contributed by atoms with E-state index in [-0.39, 0.29) is 16.9 Å². The van der Waals surface area contributed by atoms with Crippen LogP contribution >= 0.6 is 0 Å². The Morgan fingerprint density at radius 1 is 1.31 bits per heavy atom. The zero-order chi connectivity index (χ0) is 12.6. The molecule has 0 rings (SSSR count). The van der Waals surface area contributed by atoms with E-state index in [2.05, 4.69) is 5.32 Å². The minimum Gasteiger partial charge on any atom is -0.383 e. The lowest BCUT2D eigenvalue weighted by atomic mass is 10.2. The van der Waals surface area contributed by atoms with E-state index in [0.29, 0.717) is 19.7 Å². The van der Waals surface area contributed by atoms with E-state index in [9.17, 15) is 8.42 Å². The Labute approximate surface area is 99.7 Å². The highest BCUT2D eigenvalue weighted by molar-refractivity contribution is 7.92. The molecule has 0 amide bonds. The van der Waals surface area contributed by atoms with Crippen molar-refractivity contribution in [1.29, 1.82) is 0 Å². The van der Waals surface area contributed by atoms with Gasteiger partial charge >= 0.3 is 0 Å². The van der Waals surface area contributed by atoms with Crippen LogP contribution in [-0.2, 0) is 14.6 Å². The van der Waals surface area contributed by atoms with Gasteiger partial charge in [0.15, 0.2) is 9.84 Å². The second kappa shape index (κ2) is 8.03. The van der Waals surface area contributed by atoms with Gasteiger partial charge in [-0.15, -0.1) is 0 Å². The van der Waals surface area contributed by atoms with Crippen LogP contribution < -0.4 is 5.32 Å². The molecular weight excluding hydrogens is 226 g/mol. The summed E-state index contributed by atoms with van der Waals surface area (Å²) in [7, 11) is -1.33. The van der Waals surface area contributed by atoms with Gasteiger partial charge in [0.25, 0.3) is 0 Å². The Bertz CT molecular complexity index is 264. The third-order valence-electron chi connectivity index (χ3n) is 2.74. The highest BCUT2D eigenvalue weighted by atomic mass is 32.2. The molecule has 0 fully saturated rings. The van der Waals surface area contributed by atoms with Crippen LogP contribution in [0.4, 0.5) is 0 Å². The number of ether oxygens (including phenoxy) is 1. The second-order valence-electron chi connectivity index (χ2n) is 4.35. The van der Waals surface area contributed by atoms with Crippen molar-refractivity contribution in [3.8, 4) is 0 Å². The molecule has 2 unspecified atom stereocenters. The summed E-state index contributed by atoms with van der Waals surface area (Å²) in [6.45, 7) is 7.56. The molecule has 0 aromatic carbocycles. The van der Waals surface area contributed by atoms with Crippen molar-refractivity contribution >= 4 is 9.84 Å². The van der Waals surface area contributed by atoms with Gasteiger partial charge in [0, 0.05) is 20.2 Å². The lowest BCUT2D eigenvalue weighted by Crippen LogP contribution is -2.35. The number of sulfone groups is 1. The van der Waals surface area contributed by atoms with Crippen LogP contribution in [0, 0.1) is 5.92 Å². The summed E-state index contributed by atoms with van der Waals surface area (Å²) < 4.78 is 28.7. The van der Waals surface area contributed by atoms with Crippen molar-refractivity contribution < 1.29 is 13.2 Å². The van der Waals surface area contributed by atoms with Crippen LogP contribution in [-0.4, -0.2) is 46.2 Å². The Morgan fingerprint density at radius 2 is 1.94 bits per heavy atom. The molecule has 0 aliphatic rings. The summed E-state index contributed by atoms with van der Waals surface area (Å²) in [5.41, 5.74) is 0. The van der Waals surface area contributed by atoms with Gasteiger partial charge < -0.3 is 10.1 Å². The Balaban J connectivity index is 4.00. The molecule has 0 saturated carbocycles. The molecule has 0 heterocycles. The van der Waals surface area contributed by atoms with Crippen LogP contribution in [0.25, 0.3) is 0 Å². The Kier molecular flexibility index (Phi) is 7.97. The van der Waals surface area contributed by atoms with Gasteiger partial charge in [-0.2, -0.15) is 0 Å². The summed E-state index contributed by atoms with van der Waals surface area (Å²) in [6, 6.07) is 0. The second-order valence-corrected chi connectivity index (χ2v) is 6.81. The summed E-state index contributed by atoms with van der Waals surface area (Å²) in [4.78, 5) is 0. The van der Waals surface area contributed by atoms with Crippen molar-refractivity contribution in [2.75, 3.05) is 32.6 Å². The number of hydrogen-bond donors (Lipinski definition) is 1. The fourth-order valence-electron chi connectivity index (χ4n) is 1.29. The van der Waals surface area contributed by atoms with Gasteiger partial charge in [0.1, 0.15) is 0 Å². The fourth-order valence-corrected chi connectivity index (χ4v) is 3.01. The monoisotopic (exact) mass is 251 g/mol. The van der Waals surface area contributed by atoms with E-state index in [1.165, 1.54) is 0 Å². The maximum absolute atomic E-state index is 11.9. The summed E-state index contributed by atoms with van der Waals surface area (Å²) >= 11 is 0. The quantitative estimate of drug-likeness (QED) is 0.623. The normalized spacial score (nSPS) is 16.0. The number of hydrogen-bond acceptors (Lipinski definition) is 4. The first-order valence-electron chi connectivity index (χ1n) is 5.85. The van der Waals surface area contributed by atoms with Crippen LogP contribution in [0.15, 0.2) is 0 Å². The van der Waals surface area contributed by atoms with Crippen LogP contribution in [0.1, 0.15) is 27.2 Å². The standard InChI is InChI=1S/C11H25NO3S/c1-5-10(2)9-16(13,14)11(3)8-12-6-7-15-4/h10-12H,5-9H2,1-4H3. The molecule has 0 aliphatic heterocycles. The van der Waals surface area contributed by atoms with Crippen molar-refractivity contribution in [3.05, 3.63) is 0 Å². The maximum atomic E-state index is 11.9. The van der Waals surface area contributed by atoms with Gasteiger partial charge in [-0.1, -0.05) is 20.3 Å². The molecule has 98 valence electrons. The molecule has 0 spiro atoms. The predicted molar refractivity (Wildman–Crippen MR) is 67.4 cm³/mol.